The van der Waals surface area contributed by atoms with Crippen molar-refractivity contribution in [3.05, 3.63) is 39.4 Å². The predicted octanol–water partition coefficient (Wildman–Crippen LogP) is 3.09. The van der Waals surface area contributed by atoms with Crippen molar-refractivity contribution in [2.45, 2.75) is 6.61 Å². The van der Waals surface area contributed by atoms with Gasteiger partial charge in [0.05, 0.1) is 12.3 Å². The first kappa shape index (κ1) is 10.5. The number of hydrogen-bond acceptors (Lipinski definition) is 3. The first-order valence-electron chi connectivity index (χ1n) is 4.21. The molecule has 0 aliphatic carbocycles. The second-order valence-electron chi connectivity index (χ2n) is 2.91. The molecule has 0 amide bonds. The maximum absolute atomic E-state index is 13.4. The molecule has 1 aromatic heterocycles. The molecule has 0 aliphatic heterocycles. The lowest BCUT2D eigenvalue weighted by atomic mass is 10.1. The maximum atomic E-state index is 13.4. The summed E-state index contributed by atoms with van der Waals surface area (Å²) in [5.74, 6) is -0.366. The smallest absolute Gasteiger partial charge is 0.132 e. The van der Waals surface area contributed by atoms with Gasteiger partial charge < -0.3 is 5.11 Å². The fraction of sp³-hybridized carbons (Fsp3) is 0.100. The van der Waals surface area contributed by atoms with Crippen molar-refractivity contribution < 1.29 is 9.50 Å². The Kier molecular flexibility index (Phi) is 3.00. The van der Waals surface area contributed by atoms with E-state index in [0.29, 0.717) is 21.3 Å². The van der Waals surface area contributed by atoms with Gasteiger partial charge in [-0.05, 0) is 18.2 Å². The highest BCUT2D eigenvalue weighted by atomic mass is 35.5. The van der Waals surface area contributed by atoms with E-state index in [1.807, 2.05) is 0 Å². The lowest BCUT2D eigenvalue weighted by Gasteiger charge is -1.99. The molecule has 5 heteroatoms. The topological polar surface area (TPSA) is 33.1 Å². The molecular formula is C10H7ClFNOS. The molecule has 0 unspecified atom stereocenters. The van der Waals surface area contributed by atoms with Crippen LogP contribution in [0.5, 0.6) is 0 Å². The van der Waals surface area contributed by atoms with Crippen molar-refractivity contribution in [1.82, 2.24) is 4.98 Å². The largest absolute Gasteiger partial charge is 0.389 e. The number of nitrogens with zero attached hydrogens (tertiary/aromatic N) is 1. The van der Waals surface area contributed by atoms with Crippen LogP contribution in [0.15, 0.2) is 23.6 Å². The predicted molar refractivity (Wildman–Crippen MR) is 58.4 cm³/mol. The minimum Gasteiger partial charge on any atom is -0.389 e. The number of aliphatic hydroxyl groups excluding tert-OH is 1. The van der Waals surface area contributed by atoms with Gasteiger partial charge >= 0.3 is 0 Å². The number of aromatic nitrogens is 1. The van der Waals surface area contributed by atoms with Gasteiger partial charge in [-0.25, -0.2) is 9.37 Å². The molecule has 0 fully saturated rings. The maximum Gasteiger partial charge on any atom is 0.132 e. The van der Waals surface area contributed by atoms with Gasteiger partial charge in [0.25, 0.3) is 0 Å². The molecule has 2 nitrogen and oxygen atoms in total. The zero-order valence-electron chi connectivity index (χ0n) is 7.58. The van der Waals surface area contributed by atoms with Crippen LogP contribution in [0.4, 0.5) is 4.39 Å². The van der Waals surface area contributed by atoms with Crippen LogP contribution in [0, 0.1) is 5.82 Å². The third-order valence-electron chi connectivity index (χ3n) is 1.89. The number of halogens is 2. The van der Waals surface area contributed by atoms with Crippen molar-refractivity contribution in [2.24, 2.45) is 0 Å². The molecule has 15 heavy (non-hydrogen) atoms. The van der Waals surface area contributed by atoms with Gasteiger partial charge in [-0.15, -0.1) is 11.3 Å². The third-order valence-corrected chi connectivity index (χ3v) is 2.96. The third kappa shape index (κ3) is 2.17. The molecule has 0 radical (unpaired) electrons. The number of hydrogen-bond donors (Lipinski definition) is 1. The number of rotatable bonds is 2. The van der Waals surface area contributed by atoms with E-state index in [4.69, 9.17) is 16.7 Å². The average Bonchev–Trinajstić information content (AvgIpc) is 2.70. The summed E-state index contributed by atoms with van der Waals surface area (Å²) in [4.78, 5) is 4.07. The Morgan fingerprint density at radius 3 is 2.93 bits per heavy atom. The SMILES string of the molecule is OCc1nc(-c2cc(Cl)ccc2F)cs1. The van der Waals surface area contributed by atoms with Crippen LogP contribution in [0.3, 0.4) is 0 Å². The van der Waals surface area contributed by atoms with Crippen LogP contribution in [-0.4, -0.2) is 10.1 Å². The summed E-state index contributed by atoms with van der Waals surface area (Å²) in [5, 5.41) is 11.6. The zero-order chi connectivity index (χ0) is 10.8. The van der Waals surface area contributed by atoms with E-state index >= 15 is 0 Å². The van der Waals surface area contributed by atoms with Crippen LogP contribution in [0.1, 0.15) is 5.01 Å². The van der Waals surface area contributed by atoms with E-state index in [-0.39, 0.29) is 12.4 Å². The standard InChI is InChI=1S/C10H7ClFNOS/c11-6-1-2-8(12)7(3-6)9-5-15-10(4-14)13-9/h1-3,5,14H,4H2. The van der Waals surface area contributed by atoms with Crippen LogP contribution in [0.25, 0.3) is 11.3 Å². The Labute approximate surface area is 95.0 Å². The molecule has 2 aromatic rings. The van der Waals surface area contributed by atoms with Gasteiger partial charge in [-0.2, -0.15) is 0 Å². The quantitative estimate of drug-likeness (QED) is 0.879. The van der Waals surface area contributed by atoms with Crippen LogP contribution in [0.2, 0.25) is 5.02 Å². The minimum absolute atomic E-state index is 0.132. The monoisotopic (exact) mass is 243 g/mol. The van der Waals surface area contributed by atoms with Gasteiger partial charge in [0.15, 0.2) is 0 Å². The normalized spacial score (nSPS) is 10.6. The Morgan fingerprint density at radius 2 is 2.27 bits per heavy atom. The van der Waals surface area contributed by atoms with Gasteiger partial charge in [0.1, 0.15) is 10.8 Å². The first-order chi connectivity index (χ1) is 7.20. The van der Waals surface area contributed by atoms with Gasteiger partial charge in [0.2, 0.25) is 0 Å². The Morgan fingerprint density at radius 1 is 1.47 bits per heavy atom. The number of benzene rings is 1. The lowest BCUT2D eigenvalue weighted by molar-refractivity contribution is 0.281. The second kappa shape index (κ2) is 4.26. The molecule has 0 bridgehead atoms. The summed E-state index contributed by atoms with van der Waals surface area (Å²) in [6.45, 7) is -0.132. The number of thiazole rings is 1. The molecule has 0 saturated carbocycles. The molecule has 0 spiro atoms. The van der Waals surface area contributed by atoms with E-state index in [2.05, 4.69) is 4.98 Å². The lowest BCUT2D eigenvalue weighted by Crippen LogP contribution is -1.86. The van der Waals surface area contributed by atoms with Crippen molar-refractivity contribution in [3.8, 4) is 11.3 Å². The van der Waals surface area contributed by atoms with Crippen LogP contribution < -0.4 is 0 Å². The molecule has 2 rings (SSSR count). The fourth-order valence-corrected chi connectivity index (χ4v) is 2.03. The molecule has 1 N–H and O–H groups in total. The molecule has 1 heterocycles. The summed E-state index contributed by atoms with van der Waals surface area (Å²) < 4.78 is 13.4. The summed E-state index contributed by atoms with van der Waals surface area (Å²) in [6, 6.07) is 4.31. The summed E-state index contributed by atoms with van der Waals surface area (Å²) in [6.07, 6.45) is 0. The summed E-state index contributed by atoms with van der Waals surface area (Å²) in [5.41, 5.74) is 0.863. The Bertz CT molecular complexity index is 486. The highest BCUT2D eigenvalue weighted by molar-refractivity contribution is 7.09. The molecular weight excluding hydrogens is 237 g/mol. The van der Waals surface area contributed by atoms with Crippen LogP contribution >= 0.6 is 22.9 Å². The molecule has 0 saturated heterocycles. The van der Waals surface area contributed by atoms with E-state index in [1.54, 1.807) is 5.38 Å². The van der Waals surface area contributed by atoms with E-state index < -0.39 is 0 Å². The van der Waals surface area contributed by atoms with Crippen molar-refractivity contribution >= 4 is 22.9 Å². The molecule has 0 aliphatic rings. The number of aliphatic hydroxyl groups is 1. The zero-order valence-corrected chi connectivity index (χ0v) is 9.15. The average molecular weight is 244 g/mol. The van der Waals surface area contributed by atoms with Gasteiger partial charge in [-0.1, -0.05) is 11.6 Å². The second-order valence-corrected chi connectivity index (χ2v) is 4.29. The van der Waals surface area contributed by atoms with Crippen molar-refractivity contribution in [3.63, 3.8) is 0 Å². The summed E-state index contributed by atoms with van der Waals surface area (Å²) >= 11 is 7.06. The van der Waals surface area contributed by atoms with Gasteiger partial charge in [0, 0.05) is 16.0 Å². The highest BCUT2D eigenvalue weighted by Crippen LogP contribution is 2.27. The van der Waals surface area contributed by atoms with E-state index in [1.165, 1.54) is 29.5 Å². The Hall–Kier alpha value is -0.970. The Balaban J connectivity index is 2.48. The van der Waals surface area contributed by atoms with Crippen LogP contribution in [-0.2, 0) is 6.61 Å². The summed E-state index contributed by atoms with van der Waals surface area (Å²) in [7, 11) is 0. The van der Waals surface area contributed by atoms with Gasteiger partial charge in [-0.3, -0.25) is 0 Å². The van der Waals surface area contributed by atoms with E-state index in [0.717, 1.165) is 0 Å². The van der Waals surface area contributed by atoms with Crippen molar-refractivity contribution in [1.29, 1.82) is 0 Å². The molecule has 78 valence electrons. The highest BCUT2D eigenvalue weighted by Gasteiger charge is 2.09. The minimum atomic E-state index is -0.366. The first-order valence-corrected chi connectivity index (χ1v) is 5.47. The van der Waals surface area contributed by atoms with E-state index in [9.17, 15) is 4.39 Å². The fourth-order valence-electron chi connectivity index (χ4n) is 1.20. The molecule has 1 aromatic carbocycles. The molecule has 0 atom stereocenters. The van der Waals surface area contributed by atoms with Crippen molar-refractivity contribution in [2.75, 3.05) is 0 Å².